The number of hydrogen-bond acceptors (Lipinski definition) is 3. The molecule has 1 heterocycles. The second-order valence-corrected chi connectivity index (χ2v) is 6.69. The molecule has 0 aliphatic carbocycles. The van der Waals surface area contributed by atoms with E-state index in [2.05, 4.69) is 12.2 Å². The second-order valence-electron chi connectivity index (χ2n) is 6.69. The van der Waals surface area contributed by atoms with Gasteiger partial charge in [0.2, 0.25) is 11.8 Å². The smallest absolute Gasteiger partial charge is 0.227 e. The van der Waals surface area contributed by atoms with Gasteiger partial charge >= 0.3 is 0 Å². The molecule has 0 unspecified atom stereocenters. The Kier molecular flexibility index (Phi) is 6.01. The van der Waals surface area contributed by atoms with E-state index < -0.39 is 0 Å². The molecule has 140 valence electrons. The number of nitrogens with zero attached hydrogens (tertiary/aromatic N) is 1. The van der Waals surface area contributed by atoms with Crippen LogP contribution in [0.25, 0.3) is 0 Å². The summed E-state index contributed by atoms with van der Waals surface area (Å²) in [5.41, 5.74) is 3.13. The highest BCUT2D eigenvalue weighted by molar-refractivity contribution is 6.03. The molecule has 2 aromatic rings. The Morgan fingerprint density at radius 2 is 1.78 bits per heavy atom. The number of carbonyl (C=O) groups is 3. The Hall–Kier alpha value is -2.95. The SMILES string of the molecule is CCc1ccc(C(=O)CCC(=O)Nc2ccccc2N2CCCC2=O)cc1. The van der Waals surface area contributed by atoms with Crippen LogP contribution in [-0.4, -0.2) is 24.1 Å². The van der Waals surface area contributed by atoms with E-state index in [4.69, 9.17) is 0 Å². The van der Waals surface area contributed by atoms with Crippen molar-refractivity contribution in [2.75, 3.05) is 16.8 Å². The molecule has 2 aromatic carbocycles. The molecule has 0 atom stereocenters. The zero-order valence-electron chi connectivity index (χ0n) is 15.5. The molecular formula is C22H24N2O3. The van der Waals surface area contributed by atoms with Crippen LogP contribution in [0.15, 0.2) is 48.5 Å². The number of amides is 2. The molecule has 0 saturated carbocycles. The number of rotatable bonds is 7. The Balaban J connectivity index is 1.59. The van der Waals surface area contributed by atoms with Gasteiger partial charge in [-0.05, 0) is 30.5 Å². The van der Waals surface area contributed by atoms with Crippen LogP contribution in [0.2, 0.25) is 0 Å². The summed E-state index contributed by atoms with van der Waals surface area (Å²) in [6.07, 6.45) is 2.55. The third-order valence-electron chi connectivity index (χ3n) is 4.81. The van der Waals surface area contributed by atoms with E-state index in [-0.39, 0.29) is 30.4 Å². The fraction of sp³-hybridized carbons (Fsp3) is 0.318. The van der Waals surface area contributed by atoms with E-state index in [9.17, 15) is 14.4 Å². The molecule has 1 saturated heterocycles. The monoisotopic (exact) mass is 364 g/mol. The molecule has 1 N–H and O–H groups in total. The van der Waals surface area contributed by atoms with Gasteiger partial charge in [0.25, 0.3) is 0 Å². The van der Waals surface area contributed by atoms with E-state index >= 15 is 0 Å². The highest BCUT2D eigenvalue weighted by atomic mass is 16.2. The lowest BCUT2D eigenvalue weighted by atomic mass is 10.0. The maximum Gasteiger partial charge on any atom is 0.227 e. The van der Waals surface area contributed by atoms with Gasteiger partial charge < -0.3 is 10.2 Å². The minimum atomic E-state index is -0.229. The van der Waals surface area contributed by atoms with Gasteiger partial charge in [-0.15, -0.1) is 0 Å². The van der Waals surface area contributed by atoms with Gasteiger partial charge in [0.05, 0.1) is 11.4 Å². The molecule has 1 fully saturated rings. The van der Waals surface area contributed by atoms with Crippen molar-refractivity contribution in [2.45, 2.75) is 39.0 Å². The van der Waals surface area contributed by atoms with E-state index in [0.29, 0.717) is 24.2 Å². The maximum atomic E-state index is 12.3. The number of carbonyl (C=O) groups excluding carboxylic acids is 3. The predicted octanol–water partition coefficient (Wildman–Crippen LogP) is 3.98. The fourth-order valence-corrected chi connectivity index (χ4v) is 3.23. The Morgan fingerprint density at radius 1 is 1.04 bits per heavy atom. The van der Waals surface area contributed by atoms with Crippen molar-refractivity contribution in [2.24, 2.45) is 0 Å². The molecule has 0 spiro atoms. The van der Waals surface area contributed by atoms with Gasteiger partial charge in [-0.25, -0.2) is 0 Å². The molecular weight excluding hydrogens is 340 g/mol. The second kappa shape index (κ2) is 8.62. The van der Waals surface area contributed by atoms with Crippen LogP contribution in [0.4, 0.5) is 11.4 Å². The zero-order valence-corrected chi connectivity index (χ0v) is 15.5. The largest absolute Gasteiger partial charge is 0.324 e. The van der Waals surface area contributed by atoms with Gasteiger partial charge in [0.1, 0.15) is 0 Å². The van der Waals surface area contributed by atoms with Gasteiger partial charge in [0.15, 0.2) is 5.78 Å². The number of ketones is 1. The predicted molar refractivity (Wildman–Crippen MR) is 106 cm³/mol. The third kappa shape index (κ3) is 4.61. The molecule has 0 aromatic heterocycles. The molecule has 1 aliphatic heterocycles. The van der Waals surface area contributed by atoms with Gasteiger partial charge in [-0.3, -0.25) is 14.4 Å². The first-order valence-electron chi connectivity index (χ1n) is 9.40. The summed E-state index contributed by atoms with van der Waals surface area (Å²) < 4.78 is 0. The Morgan fingerprint density at radius 3 is 2.44 bits per heavy atom. The van der Waals surface area contributed by atoms with E-state index in [0.717, 1.165) is 18.5 Å². The van der Waals surface area contributed by atoms with Crippen LogP contribution in [0.1, 0.15) is 48.5 Å². The molecule has 5 heteroatoms. The van der Waals surface area contributed by atoms with Gasteiger partial charge in [0, 0.05) is 31.4 Å². The number of hydrogen-bond donors (Lipinski definition) is 1. The van der Waals surface area contributed by atoms with Crippen molar-refractivity contribution in [1.82, 2.24) is 0 Å². The van der Waals surface area contributed by atoms with Crippen molar-refractivity contribution >= 4 is 29.0 Å². The highest BCUT2D eigenvalue weighted by Gasteiger charge is 2.24. The highest BCUT2D eigenvalue weighted by Crippen LogP contribution is 2.29. The lowest BCUT2D eigenvalue weighted by Crippen LogP contribution is -2.25. The minimum absolute atomic E-state index is 0.0455. The first-order chi connectivity index (χ1) is 13.1. The number of para-hydroxylation sites is 2. The van der Waals surface area contributed by atoms with E-state index in [1.54, 1.807) is 11.0 Å². The Bertz CT molecular complexity index is 843. The summed E-state index contributed by atoms with van der Waals surface area (Å²) in [5.74, 6) is -0.203. The molecule has 1 aliphatic rings. The fourth-order valence-electron chi connectivity index (χ4n) is 3.23. The first-order valence-corrected chi connectivity index (χ1v) is 9.40. The van der Waals surface area contributed by atoms with E-state index in [1.807, 2.05) is 42.5 Å². The van der Waals surface area contributed by atoms with Crippen molar-refractivity contribution in [3.8, 4) is 0 Å². The lowest BCUT2D eigenvalue weighted by Gasteiger charge is -2.19. The number of benzene rings is 2. The topological polar surface area (TPSA) is 66.5 Å². The van der Waals surface area contributed by atoms with Crippen LogP contribution < -0.4 is 10.2 Å². The number of nitrogens with one attached hydrogen (secondary N) is 1. The average Bonchev–Trinajstić information content (AvgIpc) is 3.12. The molecule has 27 heavy (non-hydrogen) atoms. The average molecular weight is 364 g/mol. The third-order valence-corrected chi connectivity index (χ3v) is 4.81. The molecule has 0 bridgehead atoms. The van der Waals surface area contributed by atoms with Crippen molar-refractivity contribution in [3.05, 3.63) is 59.7 Å². The summed E-state index contributed by atoms with van der Waals surface area (Å²) in [7, 11) is 0. The lowest BCUT2D eigenvalue weighted by molar-refractivity contribution is -0.117. The zero-order chi connectivity index (χ0) is 19.2. The van der Waals surface area contributed by atoms with Crippen LogP contribution >= 0.6 is 0 Å². The summed E-state index contributed by atoms with van der Waals surface area (Å²) in [6.45, 7) is 2.73. The molecule has 3 rings (SSSR count). The normalized spacial score (nSPS) is 13.7. The van der Waals surface area contributed by atoms with Crippen molar-refractivity contribution < 1.29 is 14.4 Å². The Labute approximate surface area is 159 Å². The van der Waals surface area contributed by atoms with E-state index in [1.165, 1.54) is 5.56 Å². The standard InChI is InChI=1S/C22H24N2O3/c1-2-16-9-11-17(12-10-16)20(25)13-14-21(26)23-18-6-3-4-7-19(18)24-15-5-8-22(24)27/h3-4,6-7,9-12H,2,5,8,13-15H2,1H3,(H,23,26). The molecule has 5 nitrogen and oxygen atoms in total. The summed E-state index contributed by atoms with van der Waals surface area (Å²) >= 11 is 0. The van der Waals surface area contributed by atoms with Gasteiger partial charge in [-0.1, -0.05) is 43.3 Å². The summed E-state index contributed by atoms with van der Waals surface area (Å²) in [4.78, 5) is 38.3. The van der Waals surface area contributed by atoms with Crippen LogP contribution in [0.3, 0.4) is 0 Å². The number of Topliss-reactive ketones (excluding diaryl/α,β-unsaturated/α-hetero) is 1. The number of aryl methyl sites for hydroxylation is 1. The van der Waals surface area contributed by atoms with Crippen LogP contribution in [0, 0.1) is 0 Å². The summed E-state index contributed by atoms with van der Waals surface area (Å²) in [6, 6.07) is 14.8. The van der Waals surface area contributed by atoms with Crippen molar-refractivity contribution in [3.63, 3.8) is 0 Å². The first kappa shape index (κ1) is 18.8. The van der Waals surface area contributed by atoms with Crippen LogP contribution in [0.5, 0.6) is 0 Å². The minimum Gasteiger partial charge on any atom is -0.324 e. The van der Waals surface area contributed by atoms with Crippen LogP contribution in [-0.2, 0) is 16.0 Å². The number of anilines is 2. The quantitative estimate of drug-likeness (QED) is 0.756. The maximum absolute atomic E-state index is 12.3. The van der Waals surface area contributed by atoms with Crippen molar-refractivity contribution in [1.29, 1.82) is 0 Å². The van der Waals surface area contributed by atoms with Gasteiger partial charge in [-0.2, -0.15) is 0 Å². The summed E-state index contributed by atoms with van der Waals surface area (Å²) in [5, 5.41) is 2.85. The molecule has 0 radical (unpaired) electrons. The molecule has 2 amide bonds.